The van der Waals surface area contributed by atoms with Crippen LogP contribution in [0.1, 0.15) is 50.1 Å². The van der Waals surface area contributed by atoms with Gasteiger partial charge in [0.05, 0.1) is 5.57 Å². The van der Waals surface area contributed by atoms with Gasteiger partial charge in [-0.3, -0.25) is 0 Å². The molecule has 0 heterocycles. The smallest absolute Gasteiger partial charge is 0.336 e. The zero-order valence-corrected chi connectivity index (χ0v) is 33.8. The average Bonchev–Trinajstić information content (AvgIpc) is 3.32. The van der Waals surface area contributed by atoms with E-state index in [9.17, 15) is 9.90 Å². The van der Waals surface area contributed by atoms with Crippen molar-refractivity contribution in [1.29, 1.82) is 0 Å². The fourth-order valence-electron chi connectivity index (χ4n) is 6.87. The summed E-state index contributed by atoms with van der Waals surface area (Å²) >= 11 is 0. The van der Waals surface area contributed by atoms with Gasteiger partial charge in [-0.15, -0.1) is 0 Å². The van der Waals surface area contributed by atoms with E-state index >= 15 is 0 Å². The van der Waals surface area contributed by atoms with Gasteiger partial charge in [-0.25, -0.2) is 4.79 Å². The summed E-state index contributed by atoms with van der Waals surface area (Å²) < 4.78 is 0. The summed E-state index contributed by atoms with van der Waals surface area (Å²) in [5, 5.41) is 11.2. The number of carboxylic acid groups (broad SMARTS) is 1. The third kappa shape index (κ3) is 12.0. The summed E-state index contributed by atoms with van der Waals surface area (Å²) in [6.45, 7) is 0. The van der Waals surface area contributed by atoms with E-state index in [0.717, 1.165) is 61.2 Å². The van der Waals surface area contributed by atoms with Crippen molar-refractivity contribution in [1.82, 2.24) is 0 Å². The van der Waals surface area contributed by atoms with Crippen molar-refractivity contribution in [2.24, 2.45) is 0 Å². The lowest BCUT2D eigenvalue weighted by Crippen LogP contribution is -2.05. The molecule has 0 aliphatic carbocycles. The summed E-state index contributed by atoms with van der Waals surface area (Å²) in [6, 6.07) is 66.9. The molecule has 0 unspecified atom stereocenters. The molecule has 0 saturated carbocycles. The lowest BCUT2D eigenvalue weighted by Gasteiger charge is -2.18. The predicted octanol–water partition coefficient (Wildman–Crippen LogP) is 15.0. The number of allylic oxidation sites excluding steroid dienone is 6. The molecule has 1 N–H and O–H groups in total. The highest BCUT2D eigenvalue weighted by Gasteiger charge is 2.19. The molecular formula is C59H46O2. The molecule has 0 radical (unpaired) electrons. The lowest BCUT2D eigenvalue weighted by atomic mass is 9.86. The molecule has 0 amide bonds. The highest BCUT2D eigenvalue weighted by atomic mass is 16.4. The van der Waals surface area contributed by atoms with Crippen LogP contribution in [-0.4, -0.2) is 11.1 Å². The Balaban J connectivity index is 1.59. The van der Waals surface area contributed by atoms with Crippen LogP contribution in [0.5, 0.6) is 0 Å². The van der Waals surface area contributed by atoms with E-state index in [-0.39, 0.29) is 5.57 Å². The molecule has 0 spiro atoms. The van der Waals surface area contributed by atoms with Gasteiger partial charge < -0.3 is 5.11 Å². The topological polar surface area (TPSA) is 37.3 Å². The van der Waals surface area contributed by atoms with Gasteiger partial charge in [-0.2, -0.15) is 0 Å². The first-order chi connectivity index (χ1) is 30.1. The number of hydrogen-bond acceptors (Lipinski definition) is 1. The van der Waals surface area contributed by atoms with Crippen molar-refractivity contribution >= 4 is 60.2 Å². The fourth-order valence-corrected chi connectivity index (χ4v) is 6.87. The minimum absolute atomic E-state index is 0.149. The minimum Gasteiger partial charge on any atom is -0.478 e. The maximum absolute atomic E-state index is 13.7. The van der Waals surface area contributed by atoms with Crippen molar-refractivity contribution in [2.75, 3.05) is 0 Å². The van der Waals surface area contributed by atoms with E-state index in [2.05, 4.69) is 103 Å². The van der Waals surface area contributed by atoms with Crippen molar-refractivity contribution in [3.8, 4) is 0 Å². The molecule has 0 aromatic heterocycles. The molecule has 2 nitrogen and oxygen atoms in total. The van der Waals surface area contributed by atoms with E-state index in [1.54, 1.807) is 6.08 Å². The maximum atomic E-state index is 13.7. The van der Waals surface area contributed by atoms with Crippen LogP contribution in [0.3, 0.4) is 0 Å². The SMILES string of the molecule is O=C(O)C(C=Cc1ccccc1)=C(C=Cc1ccccc1)C(C=Cc1ccccc1)=C(C=Cc1ccccc1)c1cccc(C=Cc2ccccc2)c1C=Cc1ccccc1. The summed E-state index contributed by atoms with van der Waals surface area (Å²) in [6.07, 6.45) is 24.4. The van der Waals surface area contributed by atoms with Gasteiger partial charge in [-0.1, -0.05) is 267 Å². The number of benzene rings is 7. The van der Waals surface area contributed by atoms with Crippen molar-refractivity contribution < 1.29 is 9.90 Å². The van der Waals surface area contributed by atoms with Crippen LogP contribution in [0.15, 0.2) is 241 Å². The number of hydrogen-bond donors (Lipinski definition) is 1. The number of carboxylic acids is 1. The Labute approximate surface area is 359 Å². The average molecular weight is 787 g/mol. The summed E-state index contributed by atoms with van der Waals surface area (Å²) in [5.74, 6) is -1.04. The Kier molecular flexibility index (Phi) is 14.6. The highest BCUT2D eigenvalue weighted by molar-refractivity contribution is 5.99. The van der Waals surface area contributed by atoms with Crippen molar-refractivity contribution in [2.45, 2.75) is 0 Å². The number of carbonyl (C=O) groups is 1. The second-order valence-corrected chi connectivity index (χ2v) is 14.2. The lowest BCUT2D eigenvalue weighted by molar-refractivity contribution is -0.132. The first-order valence-corrected chi connectivity index (χ1v) is 20.3. The molecule has 0 aliphatic heterocycles. The zero-order chi connectivity index (χ0) is 41.9. The van der Waals surface area contributed by atoms with Crippen molar-refractivity contribution in [3.63, 3.8) is 0 Å². The Morgan fingerprint density at radius 2 is 0.656 bits per heavy atom. The third-order valence-electron chi connectivity index (χ3n) is 10.00. The second kappa shape index (κ2) is 21.6. The Bertz CT molecular complexity index is 2750. The first kappa shape index (κ1) is 41.1. The fraction of sp³-hybridized carbons (Fsp3) is 0. The molecule has 0 aliphatic rings. The van der Waals surface area contributed by atoms with E-state index in [0.29, 0.717) is 5.57 Å². The quantitative estimate of drug-likeness (QED) is 0.0638. The summed E-state index contributed by atoms with van der Waals surface area (Å²) in [5.41, 5.74) is 11.2. The highest BCUT2D eigenvalue weighted by Crippen LogP contribution is 2.36. The normalized spacial score (nSPS) is 12.9. The van der Waals surface area contributed by atoms with Crippen LogP contribution in [0.25, 0.3) is 54.2 Å². The molecule has 0 fully saturated rings. The molecule has 0 atom stereocenters. The molecule has 61 heavy (non-hydrogen) atoms. The Morgan fingerprint density at radius 1 is 0.311 bits per heavy atom. The molecule has 7 rings (SSSR count). The molecule has 7 aromatic carbocycles. The molecule has 294 valence electrons. The largest absolute Gasteiger partial charge is 0.478 e. The zero-order valence-electron chi connectivity index (χ0n) is 33.8. The van der Waals surface area contributed by atoms with Crippen LogP contribution in [0.4, 0.5) is 0 Å². The van der Waals surface area contributed by atoms with Gasteiger partial charge in [0.15, 0.2) is 0 Å². The van der Waals surface area contributed by atoms with Crippen molar-refractivity contribution in [3.05, 3.63) is 291 Å². The monoisotopic (exact) mass is 786 g/mol. The van der Waals surface area contributed by atoms with Gasteiger partial charge in [0.25, 0.3) is 0 Å². The van der Waals surface area contributed by atoms with Crippen LogP contribution in [-0.2, 0) is 4.79 Å². The Morgan fingerprint density at radius 3 is 1.07 bits per heavy atom. The predicted molar refractivity (Wildman–Crippen MR) is 261 cm³/mol. The minimum atomic E-state index is -1.04. The van der Waals surface area contributed by atoms with Crippen LogP contribution >= 0.6 is 0 Å². The summed E-state index contributed by atoms with van der Waals surface area (Å²) in [7, 11) is 0. The van der Waals surface area contributed by atoms with Crippen LogP contribution < -0.4 is 0 Å². The maximum Gasteiger partial charge on any atom is 0.336 e. The standard InChI is InChI=1S/C59H46O2/c60-59(61)58(45-39-51-30-17-6-18-31-51)57(44-38-50-28-15-5-16-29-50)56(43-37-49-26-13-4-14-27-49)55(42-36-48-24-11-3-12-25-48)54-33-19-32-52(40-34-46-20-7-1-8-21-46)53(54)41-35-47-22-9-2-10-23-47/h1-45H,(H,60,61). The van der Waals surface area contributed by atoms with E-state index in [1.807, 2.05) is 164 Å². The van der Waals surface area contributed by atoms with Crippen LogP contribution in [0.2, 0.25) is 0 Å². The molecule has 7 aromatic rings. The third-order valence-corrected chi connectivity index (χ3v) is 10.00. The van der Waals surface area contributed by atoms with Gasteiger partial charge in [-0.05, 0) is 72.9 Å². The van der Waals surface area contributed by atoms with E-state index in [1.165, 1.54) is 0 Å². The molecule has 0 bridgehead atoms. The molecule has 0 saturated heterocycles. The first-order valence-electron chi connectivity index (χ1n) is 20.3. The number of aliphatic carboxylic acids is 1. The number of rotatable bonds is 15. The van der Waals surface area contributed by atoms with Gasteiger partial charge in [0, 0.05) is 0 Å². The summed E-state index contributed by atoms with van der Waals surface area (Å²) in [4.78, 5) is 13.7. The van der Waals surface area contributed by atoms with Crippen LogP contribution in [0, 0.1) is 0 Å². The Hall–Kier alpha value is -8.07. The molecular weight excluding hydrogens is 741 g/mol. The van der Waals surface area contributed by atoms with E-state index in [4.69, 9.17) is 0 Å². The van der Waals surface area contributed by atoms with Gasteiger partial charge >= 0.3 is 5.97 Å². The van der Waals surface area contributed by atoms with Gasteiger partial charge in [0.2, 0.25) is 0 Å². The molecule has 2 heteroatoms. The second-order valence-electron chi connectivity index (χ2n) is 14.2. The van der Waals surface area contributed by atoms with E-state index < -0.39 is 5.97 Å². The van der Waals surface area contributed by atoms with Gasteiger partial charge in [0.1, 0.15) is 0 Å².